The van der Waals surface area contributed by atoms with Gasteiger partial charge in [0.1, 0.15) is 24.3 Å². The number of rotatable bonds is 4. The molecular formula is C9H11N5O2. The second kappa shape index (κ2) is 4.47. The van der Waals surface area contributed by atoms with Crippen LogP contribution in [-0.2, 0) is 17.9 Å². The number of hydrogen-bond acceptors (Lipinski definition) is 5. The summed E-state index contributed by atoms with van der Waals surface area (Å²) in [6.45, 7) is 0.473. The second-order valence-corrected chi connectivity index (χ2v) is 3.21. The average Bonchev–Trinajstić information content (AvgIpc) is 2.87. The summed E-state index contributed by atoms with van der Waals surface area (Å²) in [6, 6.07) is 3.32. The summed E-state index contributed by atoms with van der Waals surface area (Å²) in [5.74, 6) is 0.232. The second-order valence-electron chi connectivity index (χ2n) is 3.21. The third-order valence-corrected chi connectivity index (χ3v) is 1.92. The normalized spacial score (nSPS) is 10.2. The molecule has 0 radical (unpaired) electrons. The highest BCUT2D eigenvalue weighted by atomic mass is 16.5. The van der Waals surface area contributed by atoms with E-state index < -0.39 is 0 Å². The SMILES string of the molecule is Nc1ccn(CC(=O)NCc2ccon2)n1. The largest absolute Gasteiger partial charge is 0.382 e. The van der Waals surface area contributed by atoms with Gasteiger partial charge in [0.2, 0.25) is 5.91 Å². The predicted molar refractivity (Wildman–Crippen MR) is 55.0 cm³/mol. The van der Waals surface area contributed by atoms with E-state index in [1.807, 2.05) is 0 Å². The molecule has 0 saturated heterocycles. The molecule has 0 aromatic carbocycles. The molecule has 0 aliphatic rings. The number of carbonyl (C=O) groups excluding carboxylic acids is 1. The first-order valence-electron chi connectivity index (χ1n) is 4.69. The Labute approximate surface area is 91.2 Å². The minimum absolute atomic E-state index is 0.134. The Morgan fingerprint density at radius 1 is 1.56 bits per heavy atom. The van der Waals surface area contributed by atoms with Crippen LogP contribution in [0.25, 0.3) is 0 Å². The molecule has 0 spiro atoms. The number of aromatic nitrogens is 3. The first-order chi connectivity index (χ1) is 7.74. The summed E-state index contributed by atoms with van der Waals surface area (Å²) >= 11 is 0. The first-order valence-corrected chi connectivity index (χ1v) is 4.69. The minimum atomic E-state index is -0.161. The van der Waals surface area contributed by atoms with Crippen molar-refractivity contribution in [3.05, 3.63) is 30.3 Å². The van der Waals surface area contributed by atoms with Crippen LogP contribution in [0, 0.1) is 0 Å². The highest BCUT2D eigenvalue weighted by Crippen LogP contribution is 1.96. The maximum atomic E-state index is 11.4. The van der Waals surface area contributed by atoms with Crippen molar-refractivity contribution in [2.75, 3.05) is 5.73 Å². The molecule has 2 aromatic heterocycles. The zero-order chi connectivity index (χ0) is 11.4. The monoisotopic (exact) mass is 221 g/mol. The van der Waals surface area contributed by atoms with Crippen molar-refractivity contribution in [3.8, 4) is 0 Å². The first kappa shape index (κ1) is 10.2. The van der Waals surface area contributed by atoms with E-state index in [2.05, 4.69) is 20.1 Å². The van der Waals surface area contributed by atoms with Gasteiger partial charge in [0.05, 0.1) is 6.54 Å². The van der Waals surface area contributed by atoms with Crippen LogP contribution in [0.15, 0.2) is 29.1 Å². The minimum Gasteiger partial charge on any atom is -0.382 e. The maximum Gasteiger partial charge on any atom is 0.242 e. The molecule has 0 bridgehead atoms. The van der Waals surface area contributed by atoms with Gasteiger partial charge < -0.3 is 15.6 Å². The van der Waals surface area contributed by atoms with E-state index in [1.165, 1.54) is 10.9 Å². The Hall–Kier alpha value is -2.31. The number of amides is 1. The van der Waals surface area contributed by atoms with E-state index in [9.17, 15) is 4.79 Å². The van der Waals surface area contributed by atoms with Gasteiger partial charge in [-0.05, 0) is 6.07 Å². The summed E-state index contributed by atoms with van der Waals surface area (Å²) in [4.78, 5) is 11.4. The number of nitrogen functional groups attached to an aromatic ring is 1. The smallest absolute Gasteiger partial charge is 0.242 e. The van der Waals surface area contributed by atoms with Gasteiger partial charge >= 0.3 is 0 Å². The molecule has 0 aliphatic carbocycles. The van der Waals surface area contributed by atoms with E-state index >= 15 is 0 Å². The summed E-state index contributed by atoms with van der Waals surface area (Å²) in [5.41, 5.74) is 6.09. The molecule has 0 aliphatic heterocycles. The Bertz CT molecular complexity index is 462. The molecule has 1 amide bonds. The van der Waals surface area contributed by atoms with Crippen molar-refractivity contribution in [2.45, 2.75) is 13.1 Å². The predicted octanol–water partition coefficient (Wildman–Crippen LogP) is -0.230. The molecule has 0 unspecified atom stereocenters. The highest BCUT2D eigenvalue weighted by Gasteiger charge is 2.04. The number of nitrogens with zero attached hydrogens (tertiary/aromatic N) is 3. The van der Waals surface area contributed by atoms with E-state index in [1.54, 1.807) is 18.3 Å². The lowest BCUT2D eigenvalue weighted by molar-refractivity contribution is -0.122. The summed E-state index contributed by atoms with van der Waals surface area (Å²) in [7, 11) is 0. The summed E-state index contributed by atoms with van der Waals surface area (Å²) in [6.07, 6.45) is 3.10. The fourth-order valence-corrected chi connectivity index (χ4v) is 1.19. The van der Waals surface area contributed by atoms with Crippen LogP contribution >= 0.6 is 0 Å². The molecule has 2 heterocycles. The topological polar surface area (TPSA) is 99.0 Å². The van der Waals surface area contributed by atoms with Gasteiger partial charge in [0, 0.05) is 12.3 Å². The fourth-order valence-electron chi connectivity index (χ4n) is 1.19. The van der Waals surface area contributed by atoms with Crippen LogP contribution in [0.2, 0.25) is 0 Å². The molecule has 0 fully saturated rings. The number of anilines is 1. The molecule has 0 atom stereocenters. The van der Waals surface area contributed by atoms with Crippen LogP contribution in [0.4, 0.5) is 5.82 Å². The molecule has 7 nitrogen and oxygen atoms in total. The lowest BCUT2D eigenvalue weighted by Gasteiger charge is -2.02. The standard InChI is InChI=1S/C9H11N5O2/c10-8-1-3-14(12-8)6-9(15)11-5-7-2-4-16-13-7/h1-4H,5-6H2,(H2,10,12)(H,11,15). The van der Waals surface area contributed by atoms with Gasteiger partial charge in [0.25, 0.3) is 0 Å². The number of nitrogens with two attached hydrogens (primary N) is 1. The number of nitrogens with one attached hydrogen (secondary N) is 1. The lowest BCUT2D eigenvalue weighted by atomic mass is 10.4. The molecule has 7 heteroatoms. The zero-order valence-electron chi connectivity index (χ0n) is 8.46. The van der Waals surface area contributed by atoms with Gasteiger partial charge in [-0.1, -0.05) is 5.16 Å². The van der Waals surface area contributed by atoms with Gasteiger partial charge in [-0.15, -0.1) is 0 Å². The third-order valence-electron chi connectivity index (χ3n) is 1.92. The zero-order valence-corrected chi connectivity index (χ0v) is 8.46. The van der Waals surface area contributed by atoms with Crippen molar-refractivity contribution in [3.63, 3.8) is 0 Å². The van der Waals surface area contributed by atoms with Crippen molar-refractivity contribution in [1.82, 2.24) is 20.3 Å². The van der Waals surface area contributed by atoms with Gasteiger partial charge in [-0.3, -0.25) is 9.48 Å². The molecule has 2 rings (SSSR count). The van der Waals surface area contributed by atoms with Crippen molar-refractivity contribution < 1.29 is 9.32 Å². The summed E-state index contributed by atoms with van der Waals surface area (Å²) in [5, 5.41) is 10.2. The van der Waals surface area contributed by atoms with Gasteiger partial charge in [-0.25, -0.2) is 0 Å². The maximum absolute atomic E-state index is 11.4. The van der Waals surface area contributed by atoms with Crippen molar-refractivity contribution in [1.29, 1.82) is 0 Å². The van der Waals surface area contributed by atoms with Crippen LogP contribution in [0.5, 0.6) is 0 Å². The van der Waals surface area contributed by atoms with E-state index in [4.69, 9.17) is 5.73 Å². The van der Waals surface area contributed by atoms with E-state index in [0.717, 1.165) is 0 Å². The van der Waals surface area contributed by atoms with Crippen LogP contribution in [-0.4, -0.2) is 20.8 Å². The molecule has 16 heavy (non-hydrogen) atoms. The van der Waals surface area contributed by atoms with Crippen LogP contribution < -0.4 is 11.1 Å². The van der Waals surface area contributed by atoms with Gasteiger partial charge in [-0.2, -0.15) is 5.10 Å². The van der Waals surface area contributed by atoms with Crippen molar-refractivity contribution >= 4 is 11.7 Å². The van der Waals surface area contributed by atoms with Gasteiger partial charge in [0.15, 0.2) is 0 Å². The third kappa shape index (κ3) is 2.59. The Morgan fingerprint density at radius 2 is 2.44 bits per heavy atom. The average molecular weight is 221 g/mol. The Kier molecular flexibility index (Phi) is 2.86. The van der Waals surface area contributed by atoms with E-state index in [-0.39, 0.29) is 12.5 Å². The molecule has 3 N–H and O–H groups in total. The number of hydrogen-bond donors (Lipinski definition) is 2. The van der Waals surface area contributed by atoms with E-state index in [0.29, 0.717) is 18.1 Å². The van der Waals surface area contributed by atoms with Crippen LogP contribution in [0.3, 0.4) is 0 Å². The fraction of sp³-hybridized carbons (Fsp3) is 0.222. The van der Waals surface area contributed by atoms with Crippen molar-refractivity contribution in [2.24, 2.45) is 0 Å². The highest BCUT2D eigenvalue weighted by molar-refractivity contribution is 5.75. The molecular weight excluding hydrogens is 210 g/mol. The lowest BCUT2D eigenvalue weighted by Crippen LogP contribution is -2.27. The molecule has 0 saturated carbocycles. The molecule has 2 aromatic rings. The quantitative estimate of drug-likeness (QED) is 0.743. The number of carbonyl (C=O) groups is 1. The molecule has 84 valence electrons. The Morgan fingerprint density at radius 3 is 3.06 bits per heavy atom. The Balaban J connectivity index is 1.81. The summed E-state index contributed by atoms with van der Waals surface area (Å²) < 4.78 is 6.10. The van der Waals surface area contributed by atoms with Crippen LogP contribution in [0.1, 0.15) is 5.69 Å².